The van der Waals surface area contributed by atoms with Crippen molar-refractivity contribution >= 4 is 15.9 Å². The molecule has 0 N–H and O–H groups in total. The van der Waals surface area contributed by atoms with Gasteiger partial charge in [0.25, 0.3) is 0 Å². The third kappa shape index (κ3) is 1.99. The van der Waals surface area contributed by atoms with Crippen LogP contribution in [0.25, 0.3) is 0 Å². The minimum absolute atomic E-state index is 0.545. The van der Waals surface area contributed by atoms with Crippen molar-refractivity contribution < 1.29 is 8.78 Å². The lowest BCUT2D eigenvalue weighted by Crippen LogP contribution is -2.18. The second-order valence-electron chi connectivity index (χ2n) is 2.27. The number of aromatic nitrogens is 2. The van der Waals surface area contributed by atoms with Crippen molar-refractivity contribution in [3.8, 4) is 0 Å². The lowest BCUT2D eigenvalue weighted by atomic mass is 10.4. The van der Waals surface area contributed by atoms with Gasteiger partial charge >= 0.3 is 6.05 Å². The highest BCUT2D eigenvalue weighted by Gasteiger charge is 2.24. The molecule has 2 nitrogen and oxygen atoms in total. The van der Waals surface area contributed by atoms with E-state index in [0.717, 1.165) is 12.5 Å². The lowest BCUT2D eigenvalue weighted by molar-refractivity contribution is -0.0723. The summed E-state index contributed by atoms with van der Waals surface area (Å²) in [5.74, 6) is 0. The van der Waals surface area contributed by atoms with E-state index in [-0.39, 0.29) is 0 Å². The van der Waals surface area contributed by atoms with Gasteiger partial charge in [-0.25, -0.2) is 4.68 Å². The molecule has 0 amide bonds. The van der Waals surface area contributed by atoms with Gasteiger partial charge < -0.3 is 0 Å². The normalized spacial score (nSPS) is 12.0. The van der Waals surface area contributed by atoms with Crippen molar-refractivity contribution in [3.05, 3.63) is 18.0 Å². The topological polar surface area (TPSA) is 17.8 Å². The minimum Gasteiger partial charge on any atom is -0.209 e. The first kappa shape index (κ1) is 8.64. The Kier molecular flexibility index (Phi) is 2.27. The average Bonchev–Trinajstić information content (AvgIpc) is 2.32. The fourth-order valence-corrected chi connectivity index (χ4v) is 0.933. The van der Waals surface area contributed by atoms with Crippen molar-refractivity contribution in [2.75, 3.05) is 0 Å². The first-order chi connectivity index (χ1) is 5.04. The summed E-state index contributed by atoms with van der Waals surface area (Å²) in [7, 11) is 0. The fraction of sp³-hybridized carbons (Fsp3) is 0.500. The maximum atomic E-state index is 12.5. The molecule has 0 spiro atoms. The Morgan fingerprint density at radius 3 is 2.64 bits per heavy atom. The SMILES string of the molecule is CC(F)(F)n1cc(CBr)cn1. The Labute approximate surface area is 71.3 Å². The molecule has 0 fully saturated rings. The molecule has 11 heavy (non-hydrogen) atoms. The van der Waals surface area contributed by atoms with E-state index in [4.69, 9.17) is 0 Å². The molecule has 1 rings (SSSR count). The molecule has 0 aromatic carbocycles. The number of hydrogen-bond donors (Lipinski definition) is 0. The van der Waals surface area contributed by atoms with Gasteiger partial charge in [0.15, 0.2) is 0 Å². The number of rotatable bonds is 2. The van der Waals surface area contributed by atoms with Crippen LogP contribution in [0, 0.1) is 0 Å². The second kappa shape index (κ2) is 2.89. The molecule has 0 saturated heterocycles. The van der Waals surface area contributed by atoms with E-state index < -0.39 is 6.05 Å². The van der Waals surface area contributed by atoms with Gasteiger partial charge in [0.2, 0.25) is 0 Å². The second-order valence-corrected chi connectivity index (χ2v) is 2.83. The molecular formula is C6H7BrF2N2. The van der Waals surface area contributed by atoms with E-state index in [1.165, 1.54) is 12.4 Å². The zero-order valence-corrected chi connectivity index (χ0v) is 7.48. The van der Waals surface area contributed by atoms with Gasteiger partial charge in [0, 0.05) is 24.0 Å². The quantitative estimate of drug-likeness (QED) is 0.706. The van der Waals surface area contributed by atoms with E-state index in [0.29, 0.717) is 10.0 Å². The van der Waals surface area contributed by atoms with E-state index >= 15 is 0 Å². The van der Waals surface area contributed by atoms with Gasteiger partial charge in [-0.05, 0) is 0 Å². The van der Waals surface area contributed by atoms with Crippen LogP contribution >= 0.6 is 15.9 Å². The number of hydrogen-bond acceptors (Lipinski definition) is 1. The molecule has 5 heteroatoms. The summed E-state index contributed by atoms with van der Waals surface area (Å²) >= 11 is 3.14. The third-order valence-corrected chi connectivity index (χ3v) is 1.84. The Balaban J connectivity index is 2.89. The van der Waals surface area contributed by atoms with Gasteiger partial charge in [-0.2, -0.15) is 13.9 Å². The number of nitrogens with zero attached hydrogens (tertiary/aromatic N) is 2. The largest absolute Gasteiger partial charge is 0.340 e. The highest BCUT2D eigenvalue weighted by molar-refractivity contribution is 9.08. The maximum absolute atomic E-state index is 12.5. The Morgan fingerprint density at radius 2 is 2.36 bits per heavy atom. The zero-order chi connectivity index (χ0) is 8.48. The van der Waals surface area contributed by atoms with Gasteiger partial charge in [-0.3, -0.25) is 0 Å². The van der Waals surface area contributed by atoms with Crippen molar-refractivity contribution in [1.29, 1.82) is 0 Å². The number of halogens is 3. The van der Waals surface area contributed by atoms with Gasteiger partial charge in [-0.1, -0.05) is 15.9 Å². The molecule has 1 aromatic heterocycles. The molecule has 0 unspecified atom stereocenters. The molecule has 1 heterocycles. The lowest BCUT2D eigenvalue weighted by Gasteiger charge is -2.08. The monoisotopic (exact) mass is 224 g/mol. The van der Waals surface area contributed by atoms with Crippen molar-refractivity contribution in [3.63, 3.8) is 0 Å². The zero-order valence-electron chi connectivity index (χ0n) is 5.89. The van der Waals surface area contributed by atoms with E-state index in [1.54, 1.807) is 0 Å². The molecule has 0 aliphatic carbocycles. The first-order valence-electron chi connectivity index (χ1n) is 3.02. The molecule has 0 radical (unpaired) electrons. The van der Waals surface area contributed by atoms with Crippen LogP contribution in [-0.2, 0) is 11.4 Å². The number of alkyl halides is 3. The summed E-state index contributed by atoms with van der Waals surface area (Å²) in [6.45, 7) is 0.804. The van der Waals surface area contributed by atoms with Gasteiger partial charge in [0.05, 0.1) is 6.20 Å². The van der Waals surface area contributed by atoms with Crippen LogP contribution in [-0.4, -0.2) is 9.78 Å². The van der Waals surface area contributed by atoms with Crippen LogP contribution in [0.5, 0.6) is 0 Å². The molecule has 62 valence electrons. The predicted octanol–water partition coefficient (Wildman–Crippen LogP) is 2.35. The third-order valence-electron chi connectivity index (χ3n) is 1.19. The summed E-state index contributed by atoms with van der Waals surface area (Å²) in [5.41, 5.74) is 0.742. The van der Waals surface area contributed by atoms with Gasteiger partial charge in [-0.15, -0.1) is 0 Å². The van der Waals surface area contributed by atoms with Gasteiger partial charge in [0.1, 0.15) is 0 Å². The van der Waals surface area contributed by atoms with E-state index in [1.807, 2.05) is 0 Å². The van der Waals surface area contributed by atoms with Crippen LogP contribution in [0.1, 0.15) is 12.5 Å². The van der Waals surface area contributed by atoms with Crippen LogP contribution in [0.2, 0.25) is 0 Å². The molecule has 0 aliphatic rings. The summed E-state index contributed by atoms with van der Waals surface area (Å²) in [4.78, 5) is 0. The van der Waals surface area contributed by atoms with Crippen LogP contribution in [0.3, 0.4) is 0 Å². The minimum atomic E-state index is -2.90. The fourth-order valence-electron chi connectivity index (χ4n) is 0.644. The molecule has 0 saturated carbocycles. The highest BCUT2D eigenvalue weighted by atomic mass is 79.9. The summed E-state index contributed by atoms with van der Waals surface area (Å²) < 4.78 is 25.6. The standard InChI is InChI=1S/C6H7BrF2N2/c1-6(8,9)11-4-5(2-7)3-10-11/h3-4H,2H2,1H3. The smallest absolute Gasteiger partial charge is 0.209 e. The van der Waals surface area contributed by atoms with Crippen LogP contribution in [0.15, 0.2) is 12.4 Å². The van der Waals surface area contributed by atoms with E-state index in [2.05, 4.69) is 21.0 Å². The molecule has 0 aliphatic heterocycles. The van der Waals surface area contributed by atoms with Crippen LogP contribution < -0.4 is 0 Å². The Hall–Kier alpha value is -0.450. The summed E-state index contributed by atoms with van der Waals surface area (Å²) in [6.07, 6.45) is 2.72. The Bertz CT molecular complexity index is 241. The molecule has 1 aromatic rings. The molecule has 0 bridgehead atoms. The van der Waals surface area contributed by atoms with Crippen LogP contribution in [0.4, 0.5) is 8.78 Å². The first-order valence-corrected chi connectivity index (χ1v) is 4.14. The maximum Gasteiger partial charge on any atom is 0.340 e. The predicted molar refractivity (Wildman–Crippen MR) is 40.7 cm³/mol. The molecular weight excluding hydrogens is 218 g/mol. The van der Waals surface area contributed by atoms with Crippen molar-refractivity contribution in [2.24, 2.45) is 0 Å². The highest BCUT2D eigenvalue weighted by Crippen LogP contribution is 2.18. The summed E-state index contributed by atoms with van der Waals surface area (Å²) in [5, 5.41) is 4.04. The van der Waals surface area contributed by atoms with E-state index in [9.17, 15) is 8.78 Å². The average molecular weight is 225 g/mol. The van der Waals surface area contributed by atoms with Crippen molar-refractivity contribution in [2.45, 2.75) is 18.3 Å². The summed E-state index contributed by atoms with van der Waals surface area (Å²) in [6, 6.07) is -2.90. The Morgan fingerprint density at radius 1 is 1.73 bits per heavy atom. The molecule has 0 atom stereocenters. The van der Waals surface area contributed by atoms with Crippen molar-refractivity contribution in [1.82, 2.24) is 9.78 Å².